The summed E-state index contributed by atoms with van der Waals surface area (Å²) in [6.45, 7) is 9.03. The molecule has 114 valence electrons. The first-order valence-electron chi connectivity index (χ1n) is 6.61. The highest BCUT2D eigenvalue weighted by atomic mass is 127. The van der Waals surface area contributed by atoms with E-state index in [0.717, 1.165) is 11.7 Å². The average molecular weight is 391 g/mol. The van der Waals surface area contributed by atoms with Gasteiger partial charge in [0.25, 0.3) is 0 Å². The molecule has 4 nitrogen and oxygen atoms in total. The summed E-state index contributed by atoms with van der Waals surface area (Å²) in [7, 11) is 1.77. The molecule has 0 amide bonds. The summed E-state index contributed by atoms with van der Waals surface area (Å²) in [5.74, 6) is 1.67. The van der Waals surface area contributed by atoms with Crippen LogP contribution >= 0.6 is 24.0 Å². The molecule has 0 radical (unpaired) electrons. The lowest BCUT2D eigenvalue weighted by atomic mass is 10.1. The van der Waals surface area contributed by atoms with E-state index >= 15 is 0 Å². The molecular weight excluding hydrogens is 365 g/mol. The predicted octanol–water partition coefficient (Wildman–Crippen LogP) is 3.04. The van der Waals surface area contributed by atoms with Crippen LogP contribution < -0.4 is 15.4 Å². The Kier molecular flexibility index (Phi) is 8.60. The molecule has 0 heterocycles. The van der Waals surface area contributed by atoms with Gasteiger partial charge in [0.05, 0.1) is 6.54 Å². The van der Waals surface area contributed by atoms with Crippen molar-refractivity contribution in [3.05, 3.63) is 30.3 Å². The Morgan fingerprint density at radius 3 is 2.35 bits per heavy atom. The topological polar surface area (TPSA) is 45.7 Å². The lowest BCUT2D eigenvalue weighted by molar-refractivity contribution is 0.223. The number of ether oxygens (including phenoxy) is 1. The Balaban J connectivity index is 0.00000361. The molecule has 1 unspecified atom stereocenters. The number of halogens is 1. The molecule has 5 heteroatoms. The van der Waals surface area contributed by atoms with Gasteiger partial charge >= 0.3 is 0 Å². The van der Waals surface area contributed by atoms with Crippen molar-refractivity contribution in [1.29, 1.82) is 0 Å². The largest absolute Gasteiger partial charge is 0.489 e. The van der Waals surface area contributed by atoms with E-state index in [1.165, 1.54) is 0 Å². The van der Waals surface area contributed by atoms with E-state index in [0.29, 0.717) is 6.54 Å². The number of rotatable bonds is 4. The molecule has 1 rings (SSSR count). The summed E-state index contributed by atoms with van der Waals surface area (Å²) in [6, 6.07) is 9.83. The molecule has 1 aromatic rings. The minimum Gasteiger partial charge on any atom is -0.489 e. The third-order valence-electron chi connectivity index (χ3n) is 2.35. The van der Waals surface area contributed by atoms with Gasteiger partial charge < -0.3 is 15.4 Å². The van der Waals surface area contributed by atoms with Crippen LogP contribution in [0.4, 0.5) is 0 Å². The fourth-order valence-corrected chi connectivity index (χ4v) is 1.55. The maximum atomic E-state index is 5.79. The third-order valence-corrected chi connectivity index (χ3v) is 2.35. The van der Waals surface area contributed by atoms with Crippen LogP contribution in [0, 0.1) is 0 Å². The minimum absolute atomic E-state index is 0. The standard InChI is InChI=1S/C15H25N3O.HI/c1-12(19-13-9-7-6-8-10-13)11-17-14(16-5)18-15(2,3)4;/h6-10,12H,11H2,1-5H3,(H2,16,17,18);1H. The van der Waals surface area contributed by atoms with Crippen LogP contribution in [-0.4, -0.2) is 31.2 Å². The van der Waals surface area contributed by atoms with Gasteiger partial charge in [0.2, 0.25) is 0 Å². The van der Waals surface area contributed by atoms with Crippen molar-refractivity contribution in [3.63, 3.8) is 0 Å². The molecule has 0 aliphatic carbocycles. The third kappa shape index (κ3) is 8.24. The fourth-order valence-electron chi connectivity index (χ4n) is 1.55. The van der Waals surface area contributed by atoms with Gasteiger partial charge in [-0.15, -0.1) is 24.0 Å². The molecule has 0 aromatic heterocycles. The molecule has 0 aliphatic rings. The molecule has 0 fully saturated rings. The second-order valence-corrected chi connectivity index (χ2v) is 5.57. The normalized spacial score (nSPS) is 13.2. The summed E-state index contributed by atoms with van der Waals surface area (Å²) < 4.78 is 5.79. The van der Waals surface area contributed by atoms with Gasteiger partial charge in [0, 0.05) is 12.6 Å². The second-order valence-electron chi connectivity index (χ2n) is 5.57. The first-order chi connectivity index (χ1) is 8.90. The highest BCUT2D eigenvalue weighted by molar-refractivity contribution is 14.0. The van der Waals surface area contributed by atoms with Crippen LogP contribution in [0.5, 0.6) is 5.75 Å². The molecule has 0 bridgehead atoms. The van der Waals surface area contributed by atoms with E-state index in [4.69, 9.17) is 4.74 Å². The van der Waals surface area contributed by atoms with Gasteiger partial charge in [-0.2, -0.15) is 0 Å². The van der Waals surface area contributed by atoms with E-state index in [1.54, 1.807) is 7.05 Å². The summed E-state index contributed by atoms with van der Waals surface area (Å²) in [5.41, 5.74) is -0.00856. The first-order valence-corrected chi connectivity index (χ1v) is 6.61. The lowest BCUT2D eigenvalue weighted by Gasteiger charge is -2.25. The Hall–Kier alpha value is -0.980. The Labute approximate surface area is 139 Å². The number of para-hydroxylation sites is 1. The SMILES string of the molecule is CN=C(NCC(C)Oc1ccccc1)NC(C)(C)C.I. The summed E-state index contributed by atoms with van der Waals surface area (Å²) in [4.78, 5) is 4.19. The molecule has 0 saturated carbocycles. The molecule has 2 N–H and O–H groups in total. The van der Waals surface area contributed by atoms with Crippen LogP contribution in [0.2, 0.25) is 0 Å². The Bertz CT molecular complexity index is 401. The van der Waals surface area contributed by atoms with Gasteiger partial charge in [-0.3, -0.25) is 4.99 Å². The van der Waals surface area contributed by atoms with E-state index in [9.17, 15) is 0 Å². The molecule has 0 spiro atoms. The maximum absolute atomic E-state index is 5.79. The molecular formula is C15H26IN3O. The van der Waals surface area contributed by atoms with Crippen molar-refractivity contribution in [2.45, 2.75) is 39.3 Å². The number of hydrogen-bond acceptors (Lipinski definition) is 2. The average Bonchev–Trinajstić information content (AvgIpc) is 2.34. The quantitative estimate of drug-likeness (QED) is 0.471. The monoisotopic (exact) mass is 391 g/mol. The predicted molar refractivity (Wildman–Crippen MR) is 96.2 cm³/mol. The van der Waals surface area contributed by atoms with Crippen molar-refractivity contribution < 1.29 is 4.74 Å². The number of nitrogens with one attached hydrogen (secondary N) is 2. The van der Waals surface area contributed by atoms with Crippen molar-refractivity contribution in [2.75, 3.05) is 13.6 Å². The van der Waals surface area contributed by atoms with Crippen LogP contribution in [0.1, 0.15) is 27.7 Å². The van der Waals surface area contributed by atoms with Gasteiger partial charge in [-0.25, -0.2) is 0 Å². The number of aliphatic imine (C=N–C) groups is 1. The van der Waals surface area contributed by atoms with Gasteiger partial charge in [0.1, 0.15) is 11.9 Å². The summed E-state index contributed by atoms with van der Waals surface area (Å²) in [6.07, 6.45) is 0.0703. The molecule has 0 saturated heterocycles. The molecule has 20 heavy (non-hydrogen) atoms. The highest BCUT2D eigenvalue weighted by Crippen LogP contribution is 2.10. The van der Waals surface area contributed by atoms with E-state index < -0.39 is 0 Å². The Morgan fingerprint density at radius 1 is 1.25 bits per heavy atom. The minimum atomic E-state index is -0.00856. The summed E-state index contributed by atoms with van der Waals surface area (Å²) >= 11 is 0. The van der Waals surface area contributed by atoms with Crippen LogP contribution in [0.3, 0.4) is 0 Å². The first kappa shape index (κ1) is 19.0. The molecule has 0 aliphatic heterocycles. The molecule has 1 atom stereocenters. The van der Waals surface area contributed by atoms with Crippen molar-refractivity contribution in [2.24, 2.45) is 4.99 Å². The van der Waals surface area contributed by atoms with E-state index in [1.807, 2.05) is 37.3 Å². The fraction of sp³-hybridized carbons (Fsp3) is 0.533. The van der Waals surface area contributed by atoms with Crippen molar-refractivity contribution in [1.82, 2.24) is 10.6 Å². The number of benzene rings is 1. The Morgan fingerprint density at radius 2 is 1.85 bits per heavy atom. The zero-order chi connectivity index (χ0) is 14.3. The van der Waals surface area contributed by atoms with Crippen molar-refractivity contribution >= 4 is 29.9 Å². The highest BCUT2D eigenvalue weighted by Gasteiger charge is 2.12. The van der Waals surface area contributed by atoms with Crippen LogP contribution in [0.25, 0.3) is 0 Å². The van der Waals surface area contributed by atoms with Gasteiger partial charge in [0.15, 0.2) is 5.96 Å². The van der Waals surface area contributed by atoms with E-state index in [2.05, 4.69) is 36.4 Å². The zero-order valence-electron chi connectivity index (χ0n) is 12.9. The number of guanidine groups is 1. The van der Waals surface area contributed by atoms with Crippen LogP contribution in [0.15, 0.2) is 35.3 Å². The number of nitrogens with zero attached hydrogens (tertiary/aromatic N) is 1. The number of hydrogen-bond donors (Lipinski definition) is 2. The van der Waals surface area contributed by atoms with Gasteiger partial charge in [-0.1, -0.05) is 18.2 Å². The lowest BCUT2D eigenvalue weighted by Crippen LogP contribution is -2.49. The van der Waals surface area contributed by atoms with Crippen molar-refractivity contribution in [3.8, 4) is 5.75 Å². The van der Waals surface area contributed by atoms with Crippen LogP contribution in [-0.2, 0) is 0 Å². The van der Waals surface area contributed by atoms with E-state index in [-0.39, 0.29) is 35.6 Å². The smallest absolute Gasteiger partial charge is 0.191 e. The summed E-state index contributed by atoms with van der Waals surface area (Å²) in [5, 5.41) is 6.57. The second kappa shape index (κ2) is 9.05. The van der Waals surface area contributed by atoms with Gasteiger partial charge in [-0.05, 0) is 39.8 Å². The zero-order valence-corrected chi connectivity index (χ0v) is 15.3. The molecule has 1 aromatic carbocycles. The maximum Gasteiger partial charge on any atom is 0.191 e.